The number of anilines is 1. The third-order valence-electron chi connectivity index (χ3n) is 6.14. The van der Waals surface area contributed by atoms with Crippen molar-refractivity contribution in [1.82, 2.24) is 14.8 Å². The van der Waals surface area contributed by atoms with Crippen molar-refractivity contribution in [2.45, 2.75) is 45.0 Å². The number of benzene rings is 2. The number of alkyl halides is 3. The van der Waals surface area contributed by atoms with Crippen LogP contribution in [0.2, 0.25) is 0 Å². The third-order valence-corrected chi connectivity index (χ3v) is 6.14. The van der Waals surface area contributed by atoms with Crippen molar-refractivity contribution in [1.29, 1.82) is 0 Å². The molecular formula is C24H25F3N4O2. The van der Waals surface area contributed by atoms with Crippen molar-refractivity contribution in [3.63, 3.8) is 0 Å². The number of nitrogens with zero attached hydrogens (tertiary/aromatic N) is 4. The second-order valence-electron chi connectivity index (χ2n) is 8.63. The number of fused-ring (bicyclic) bond motifs is 1. The minimum atomic E-state index is -4.57. The molecule has 6 nitrogen and oxygen atoms in total. The van der Waals surface area contributed by atoms with E-state index in [1.165, 1.54) is 23.8 Å². The van der Waals surface area contributed by atoms with Crippen molar-refractivity contribution in [3.05, 3.63) is 76.9 Å². The molecule has 1 amide bonds. The van der Waals surface area contributed by atoms with Gasteiger partial charge in [-0.3, -0.25) is 4.79 Å². The molecule has 1 aliphatic heterocycles. The van der Waals surface area contributed by atoms with E-state index in [9.17, 15) is 18.0 Å². The Kier molecular flexibility index (Phi) is 6.25. The van der Waals surface area contributed by atoms with E-state index < -0.39 is 24.3 Å². The number of aryl methyl sites for hydroxylation is 1. The Morgan fingerprint density at radius 3 is 2.39 bits per heavy atom. The van der Waals surface area contributed by atoms with Crippen molar-refractivity contribution in [2.75, 3.05) is 4.90 Å². The van der Waals surface area contributed by atoms with Crippen molar-refractivity contribution >= 4 is 11.6 Å². The molecule has 0 spiro atoms. The highest BCUT2D eigenvalue weighted by molar-refractivity contribution is 6.10. The molecular weight excluding hydrogens is 433 g/mol. The number of halogens is 3. The average molecular weight is 458 g/mol. The van der Waals surface area contributed by atoms with Gasteiger partial charge in [0, 0.05) is 24.2 Å². The molecule has 2 aromatic carbocycles. The molecule has 1 aliphatic carbocycles. The first-order chi connectivity index (χ1) is 15.7. The predicted octanol–water partition coefficient (Wildman–Crippen LogP) is 4.69. The lowest BCUT2D eigenvalue weighted by Gasteiger charge is -2.31. The Morgan fingerprint density at radius 1 is 1.15 bits per heavy atom. The molecule has 0 unspecified atom stereocenters. The molecule has 0 radical (unpaired) electrons. The predicted molar refractivity (Wildman–Crippen MR) is 116 cm³/mol. The first kappa shape index (κ1) is 23.0. The van der Waals surface area contributed by atoms with Gasteiger partial charge in [0.2, 0.25) is 0 Å². The zero-order valence-corrected chi connectivity index (χ0v) is 18.4. The number of aromatic nitrogens is 3. The zero-order valence-electron chi connectivity index (χ0n) is 18.4. The number of hydrogen-bond acceptors (Lipinski definition) is 4. The van der Waals surface area contributed by atoms with Gasteiger partial charge in [0.1, 0.15) is 12.2 Å². The van der Waals surface area contributed by atoms with Crippen LogP contribution in [0.3, 0.4) is 0 Å². The Hall–Kier alpha value is -3.20. The van der Waals surface area contributed by atoms with E-state index in [1.54, 1.807) is 36.7 Å². The van der Waals surface area contributed by atoms with Gasteiger partial charge in [-0.2, -0.15) is 13.2 Å². The number of rotatable bonds is 3. The fraction of sp³-hybridized carbons (Fsp3) is 0.375. The molecule has 3 aromatic rings. The maximum Gasteiger partial charge on any atom is 0.416 e. The number of hydrogen-bond donors (Lipinski definition) is 1. The Morgan fingerprint density at radius 2 is 1.85 bits per heavy atom. The molecule has 174 valence electrons. The number of aliphatic hydroxyl groups excluding tert-OH is 1. The van der Waals surface area contributed by atoms with Gasteiger partial charge in [0.05, 0.1) is 18.7 Å². The highest BCUT2D eigenvalue weighted by atomic mass is 19.4. The lowest BCUT2D eigenvalue weighted by atomic mass is 9.76. The average Bonchev–Trinajstić information content (AvgIpc) is 3.34. The number of para-hydroxylation sites is 1. The van der Waals surface area contributed by atoms with Gasteiger partial charge >= 0.3 is 6.18 Å². The summed E-state index contributed by atoms with van der Waals surface area (Å²) in [7, 11) is 2.01. The molecule has 2 aliphatic rings. The number of aliphatic hydroxyl groups is 1. The normalized spacial score (nSPS) is 19.6. The van der Waals surface area contributed by atoms with Gasteiger partial charge in [0.25, 0.3) is 5.91 Å². The summed E-state index contributed by atoms with van der Waals surface area (Å²) >= 11 is 0. The lowest BCUT2D eigenvalue weighted by Crippen LogP contribution is -2.22. The summed E-state index contributed by atoms with van der Waals surface area (Å²) in [5.74, 6) is 2.24. The quantitative estimate of drug-likeness (QED) is 0.618. The zero-order chi connectivity index (χ0) is 23.8. The molecule has 33 heavy (non-hydrogen) atoms. The highest BCUT2D eigenvalue weighted by Crippen LogP contribution is 2.40. The SMILES string of the molecule is CC1CC(c2nncn2C)C1.O=C1c2cc(CO)cc(C(F)(F)F)c2CN1c1ccccc1. The van der Waals surface area contributed by atoms with Crippen LogP contribution >= 0.6 is 0 Å². The summed E-state index contributed by atoms with van der Waals surface area (Å²) in [5.41, 5.74) is -0.279. The fourth-order valence-electron chi connectivity index (χ4n) is 4.40. The van der Waals surface area contributed by atoms with Crippen LogP contribution in [0.1, 0.15) is 58.6 Å². The largest absolute Gasteiger partial charge is 0.416 e. The molecule has 2 heterocycles. The molecule has 1 aromatic heterocycles. The maximum absolute atomic E-state index is 13.2. The number of carbonyl (C=O) groups excluding carboxylic acids is 1. The molecule has 5 rings (SSSR count). The lowest BCUT2D eigenvalue weighted by molar-refractivity contribution is -0.138. The van der Waals surface area contributed by atoms with E-state index in [2.05, 4.69) is 17.1 Å². The Bertz CT molecular complexity index is 1140. The van der Waals surface area contributed by atoms with E-state index in [-0.39, 0.29) is 23.2 Å². The van der Waals surface area contributed by atoms with Crippen molar-refractivity contribution < 1.29 is 23.1 Å². The second-order valence-corrected chi connectivity index (χ2v) is 8.63. The first-order valence-corrected chi connectivity index (χ1v) is 10.7. The summed E-state index contributed by atoms with van der Waals surface area (Å²) in [6.07, 6.45) is -0.223. The topological polar surface area (TPSA) is 71.2 Å². The van der Waals surface area contributed by atoms with Crippen LogP contribution in [0.25, 0.3) is 0 Å². The van der Waals surface area contributed by atoms with E-state index in [0.29, 0.717) is 11.6 Å². The minimum absolute atomic E-state index is 0.00253. The van der Waals surface area contributed by atoms with Gasteiger partial charge in [-0.25, -0.2) is 0 Å². The standard InChI is InChI=1S/C16H12F3NO2.C8H13N3/c17-16(18,19)14-7-10(9-21)6-12-13(14)8-20(15(12)22)11-4-2-1-3-5-11;1-6-3-7(4-6)8-10-9-5-11(8)2/h1-7,21H,8-9H2;5-7H,3-4H2,1-2H3. The van der Waals surface area contributed by atoms with Crippen LogP contribution in [0.15, 0.2) is 48.8 Å². The maximum atomic E-state index is 13.2. The number of amides is 1. The van der Waals surface area contributed by atoms with E-state index in [0.717, 1.165) is 17.8 Å². The van der Waals surface area contributed by atoms with E-state index in [4.69, 9.17) is 5.11 Å². The van der Waals surface area contributed by atoms with Crippen LogP contribution in [0.4, 0.5) is 18.9 Å². The monoisotopic (exact) mass is 458 g/mol. The highest BCUT2D eigenvalue weighted by Gasteiger charge is 2.40. The number of carbonyl (C=O) groups is 1. The third kappa shape index (κ3) is 4.64. The van der Waals surface area contributed by atoms with Crippen molar-refractivity contribution in [3.8, 4) is 0 Å². The summed E-state index contributed by atoms with van der Waals surface area (Å²) in [4.78, 5) is 13.7. The summed E-state index contributed by atoms with van der Waals surface area (Å²) < 4.78 is 41.6. The smallest absolute Gasteiger partial charge is 0.392 e. The van der Waals surface area contributed by atoms with E-state index in [1.807, 2.05) is 11.6 Å². The van der Waals surface area contributed by atoms with Gasteiger partial charge in [-0.15, -0.1) is 10.2 Å². The van der Waals surface area contributed by atoms with Crippen LogP contribution in [-0.2, 0) is 26.4 Å². The Labute approximate surface area is 189 Å². The molecule has 9 heteroatoms. The van der Waals surface area contributed by atoms with Crippen LogP contribution in [-0.4, -0.2) is 25.8 Å². The van der Waals surface area contributed by atoms with Crippen LogP contribution in [0.5, 0.6) is 0 Å². The fourth-order valence-corrected chi connectivity index (χ4v) is 4.40. The summed E-state index contributed by atoms with van der Waals surface area (Å²) in [6.45, 7) is 1.61. The molecule has 0 atom stereocenters. The molecule has 0 saturated heterocycles. The molecule has 1 saturated carbocycles. The summed E-state index contributed by atoms with van der Waals surface area (Å²) in [6, 6.07) is 10.8. The summed E-state index contributed by atoms with van der Waals surface area (Å²) in [5, 5.41) is 17.1. The second kappa shape index (κ2) is 8.97. The van der Waals surface area contributed by atoms with Gasteiger partial charge in [-0.05, 0) is 54.2 Å². The molecule has 0 bridgehead atoms. The van der Waals surface area contributed by atoms with E-state index >= 15 is 0 Å². The molecule has 1 N–H and O–H groups in total. The van der Waals surface area contributed by atoms with Gasteiger partial charge in [-0.1, -0.05) is 25.1 Å². The first-order valence-electron chi connectivity index (χ1n) is 10.7. The van der Waals surface area contributed by atoms with Gasteiger partial charge in [0.15, 0.2) is 0 Å². The Balaban J connectivity index is 0.000000196. The van der Waals surface area contributed by atoms with Crippen LogP contribution in [0, 0.1) is 5.92 Å². The van der Waals surface area contributed by atoms with Crippen molar-refractivity contribution in [2.24, 2.45) is 13.0 Å². The molecule has 1 fully saturated rings. The van der Waals surface area contributed by atoms with Crippen LogP contribution < -0.4 is 4.90 Å². The minimum Gasteiger partial charge on any atom is -0.392 e. The van der Waals surface area contributed by atoms with Gasteiger partial charge < -0.3 is 14.6 Å².